The van der Waals surface area contributed by atoms with Crippen LogP contribution in [0.4, 0.5) is 0 Å². The highest BCUT2D eigenvalue weighted by Gasteiger charge is 2.40. The zero-order valence-electron chi connectivity index (χ0n) is 13.8. The molecule has 0 aliphatic carbocycles. The number of phenolic OH excluding ortho intramolecular Hbond substituents is 1. The predicted octanol–water partition coefficient (Wildman–Crippen LogP) is 2.57. The number of halogens is 1. The molecule has 11 heteroatoms. The second kappa shape index (κ2) is 8.59. The van der Waals surface area contributed by atoms with Crippen molar-refractivity contribution in [3.8, 4) is 11.5 Å². The van der Waals surface area contributed by atoms with E-state index in [9.17, 15) is 24.6 Å². The van der Waals surface area contributed by atoms with Crippen LogP contribution in [0.3, 0.4) is 0 Å². The first-order valence-electron chi connectivity index (χ1n) is 7.43. The molecule has 1 aliphatic rings. The molecule has 0 bridgehead atoms. The van der Waals surface area contributed by atoms with Crippen molar-refractivity contribution in [1.82, 2.24) is 4.90 Å². The van der Waals surface area contributed by atoms with Gasteiger partial charge in [0.05, 0.1) is 17.0 Å². The monoisotopic (exact) mass is 431 g/mol. The number of nitrogens with zero attached hydrogens (tertiary/aromatic N) is 1. The lowest BCUT2D eigenvalue weighted by Crippen LogP contribution is -2.44. The molecule has 0 aromatic heterocycles. The number of hydrogen-bond donors (Lipinski definition) is 3. The van der Waals surface area contributed by atoms with E-state index in [-0.39, 0.29) is 32.2 Å². The summed E-state index contributed by atoms with van der Waals surface area (Å²) in [6.07, 6.45) is 0.740. The summed E-state index contributed by atoms with van der Waals surface area (Å²) in [6.45, 7) is 0. The van der Waals surface area contributed by atoms with Gasteiger partial charge in [0, 0.05) is 6.42 Å². The smallest absolute Gasteiger partial charge is 0.326 e. The van der Waals surface area contributed by atoms with Gasteiger partial charge in [0.15, 0.2) is 11.5 Å². The maximum atomic E-state index is 12.6. The Kier molecular flexibility index (Phi) is 6.68. The Labute approximate surface area is 168 Å². The Hall–Kier alpha value is -2.30. The number of amides is 1. The molecule has 0 saturated carbocycles. The largest absolute Gasteiger partial charge is 0.503 e. The van der Waals surface area contributed by atoms with Crippen LogP contribution in [0, 0.1) is 0 Å². The molecule has 144 valence electrons. The minimum atomic E-state index is -1.38. The molecule has 1 saturated heterocycles. The number of carbonyl (C=O) groups excluding carboxylic acids is 1. The third-order valence-corrected chi connectivity index (χ3v) is 5.24. The lowest BCUT2D eigenvalue weighted by molar-refractivity contribution is -0.146. The third-order valence-electron chi connectivity index (χ3n) is 3.62. The fraction of sp³-hybridized carbons (Fsp3) is 0.250. The highest BCUT2D eigenvalue weighted by atomic mass is 35.5. The summed E-state index contributed by atoms with van der Waals surface area (Å²) in [5.74, 6) is -3.31. The number of hydrogen-bond acceptors (Lipinski definition) is 7. The van der Waals surface area contributed by atoms with Gasteiger partial charge in [-0.2, -0.15) is 0 Å². The molecule has 1 fully saturated rings. The Morgan fingerprint density at radius 1 is 1.41 bits per heavy atom. The first kappa shape index (κ1) is 21.0. The molecule has 0 spiro atoms. The molecule has 0 radical (unpaired) electrons. The Balaban J connectivity index is 2.34. The summed E-state index contributed by atoms with van der Waals surface area (Å²) < 4.78 is 5.01. The van der Waals surface area contributed by atoms with E-state index in [4.69, 9.17) is 33.7 Å². The first-order chi connectivity index (χ1) is 12.6. The lowest BCUT2D eigenvalue weighted by atomic mass is 10.1. The minimum absolute atomic E-state index is 0.0147. The molecule has 1 aromatic carbocycles. The first-order valence-corrected chi connectivity index (χ1v) is 9.04. The van der Waals surface area contributed by atoms with Crippen molar-refractivity contribution in [1.29, 1.82) is 0 Å². The number of thiocarbonyl (C=S) groups is 1. The molecule has 2 rings (SSSR count). The van der Waals surface area contributed by atoms with Crippen LogP contribution >= 0.6 is 35.6 Å². The highest BCUT2D eigenvalue weighted by Crippen LogP contribution is 2.38. The van der Waals surface area contributed by atoms with Gasteiger partial charge in [0.1, 0.15) is 10.4 Å². The van der Waals surface area contributed by atoms with E-state index in [0.29, 0.717) is 5.56 Å². The Morgan fingerprint density at radius 2 is 2.07 bits per heavy atom. The zero-order chi connectivity index (χ0) is 20.3. The number of benzene rings is 1. The van der Waals surface area contributed by atoms with Crippen molar-refractivity contribution < 1.29 is 34.4 Å². The van der Waals surface area contributed by atoms with Gasteiger partial charge in [-0.1, -0.05) is 35.6 Å². The molecule has 1 heterocycles. The molecule has 1 aliphatic heterocycles. The second-order valence-electron chi connectivity index (χ2n) is 5.39. The van der Waals surface area contributed by atoms with Crippen molar-refractivity contribution in [3.05, 3.63) is 27.6 Å². The number of carboxylic acids is 2. The molecule has 1 aromatic rings. The minimum Gasteiger partial charge on any atom is -0.503 e. The van der Waals surface area contributed by atoms with Crippen molar-refractivity contribution in [2.24, 2.45) is 0 Å². The highest BCUT2D eigenvalue weighted by molar-refractivity contribution is 8.26. The lowest BCUT2D eigenvalue weighted by Gasteiger charge is -2.22. The molecule has 3 N–H and O–H groups in total. The van der Waals surface area contributed by atoms with Crippen molar-refractivity contribution in [3.63, 3.8) is 0 Å². The van der Waals surface area contributed by atoms with E-state index < -0.39 is 30.3 Å². The van der Waals surface area contributed by atoms with Gasteiger partial charge in [-0.25, -0.2) is 4.79 Å². The van der Waals surface area contributed by atoms with Crippen LogP contribution < -0.4 is 4.74 Å². The molecular formula is C16H14ClNO7S2. The number of methoxy groups -OCH3 is 1. The molecule has 1 unspecified atom stereocenters. The van der Waals surface area contributed by atoms with E-state index in [2.05, 4.69) is 0 Å². The van der Waals surface area contributed by atoms with E-state index >= 15 is 0 Å². The fourth-order valence-electron chi connectivity index (χ4n) is 2.36. The van der Waals surface area contributed by atoms with Crippen molar-refractivity contribution in [2.45, 2.75) is 18.9 Å². The maximum absolute atomic E-state index is 12.6. The van der Waals surface area contributed by atoms with Gasteiger partial charge in [0.2, 0.25) is 0 Å². The average molecular weight is 432 g/mol. The Morgan fingerprint density at radius 3 is 2.63 bits per heavy atom. The van der Waals surface area contributed by atoms with Crippen LogP contribution in [0.15, 0.2) is 17.0 Å². The number of rotatable bonds is 7. The van der Waals surface area contributed by atoms with Crippen LogP contribution in [-0.4, -0.2) is 55.5 Å². The van der Waals surface area contributed by atoms with Crippen LogP contribution in [0.2, 0.25) is 5.02 Å². The van der Waals surface area contributed by atoms with E-state index in [1.807, 2.05) is 0 Å². The molecular weight excluding hydrogens is 418 g/mol. The van der Waals surface area contributed by atoms with Gasteiger partial charge in [-0.3, -0.25) is 14.5 Å². The number of carboxylic acid groups (broad SMARTS) is 2. The quantitative estimate of drug-likeness (QED) is 0.441. The average Bonchev–Trinajstić information content (AvgIpc) is 2.85. The number of aliphatic carboxylic acids is 2. The molecule has 8 nitrogen and oxygen atoms in total. The summed E-state index contributed by atoms with van der Waals surface area (Å²) >= 11 is 11.9. The van der Waals surface area contributed by atoms with E-state index in [0.717, 1.165) is 16.7 Å². The standard InChI is InChI=1S/C16H14ClNO7S2/c1-25-10-5-7(4-8(17)13(10)21)6-11-14(22)18(16(26)27-11)9(15(23)24)2-3-12(19)20/h4-6,9,21H,2-3H2,1H3,(H,19,20)(H,23,24)/b11-6-. The summed E-state index contributed by atoms with van der Waals surface area (Å²) in [4.78, 5) is 35.9. The second-order valence-corrected chi connectivity index (χ2v) is 7.47. The van der Waals surface area contributed by atoms with Gasteiger partial charge in [-0.15, -0.1) is 0 Å². The van der Waals surface area contributed by atoms with Gasteiger partial charge >= 0.3 is 11.9 Å². The zero-order valence-corrected chi connectivity index (χ0v) is 16.2. The number of ether oxygens (including phenoxy) is 1. The third kappa shape index (κ3) is 4.71. The fourth-order valence-corrected chi connectivity index (χ4v) is 3.93. The van der Waals surface area contributed by atoms with Crippen LogP contribution in [0.5, 0.6) is 11.5 Å². The van der Waals surface area contributed by atoms with Crippen LogP contribution in [0.1, 0.15) is 18.4 Å². The number of phenols is 1. The van der Waals surface area contributed by atoms with Gasteiger partial charge in [0.25, 0.3) is 5.91 Å². The van der Waals surface area contributed by atoms with Crippen LogP contribution in [0.25, 0.3) is 6.08 Å². The molecule has 1 amide bonds. The summed E-state index contributed by atoms with van der Waals surface area (Å²) in [5, 5.41) is 27.9. The number of aromatic hydroxyl groups is 1. The topological polar surface area (TPSA) is 124 Å². The number of carbonyl (C=O) groups is 3. The Bertz CT molecular complexity index is 855. The van der Waals surface area contributed by atoms with Gasteiger partial charge in [-0.05, 0) is 30.2 Å². The van der Waals surface area contributed by atoms with Crippen LogP contribution in [-0.2, 0) is 14.4 Å². The normalized spacial score (nSPS) is 16.7. The predicted molar refractivity (Wildman–Crippen MR) is 103 cm³/mol. The van der Waals surface area contributed by atoms with Gasteiger partial charge < -0.3 is 20.1 Å². The summed E-state index contributed by atoms with van der Waals surface area (Å²) in [6, 6.07) is 1.48. The maximum Gasteiger partial charge on any atom is 0.326 e. The van der Waals surface area contributed by atoms with Crippen molar-refractivity contribution in [2.75, 3.05) is 7.11 Å². The van der Waals surface area contributed by atoms with Crippen molar-refractivity contribution >= 4 is 63.8 Å². The summed E-state index contributed by atoms with van der Waals surface area (Å²) in [7, 11) is 1.34. The van der Waals surface area contributed by atoms with E-state index in [1.165, 1.54) is 25.3 Å². The molecule has 27 heavy (non-hydrogen) atoms. The summed E-state index contributed by atoms with van der Waals surface area (Å²) in [5.41, 5.74) is 0.438. The molecule has 1 atom stereocenters. The number of thioether (sulfide) groups is 1. The SMILES string of the molecule is COc1cc(/C=C2\SC(=S)N(C(CCC(=O)O)C(=O)O)C2=O)cc(Cl)c1O. The van der Waals surface area contributed by atoms with E-state index in [1.54, 1.807) is 0 Å².